The number of methoxy groups -OCH3 is 1. The zero-order valence-corrected chi connectivity index (χ0v) is 21.0. The number of aliphatic hydroxyl groups is 1. The Labute approximate surface area is 220 Å². The van der Waals surface area contributed by atoms with Gasteiger partial charge in [0.15, 0.2) is 5.78 Å². The van der Waals surface area contributed by atoms with E-state index in [1.165, 1.54) is 36.5 Å². The van der Waals surface area contributed by atoms with Gasteiger partial charge in [0.2, 0.25) is 12.2 Å². The summed E-state index contributed by atoms with van der Waals surface area (Å²) >= 11 is 0. The first kappa shape index (κ1) is 28.9. The summed E-state index contributed by atoms with van der Waals surface area (Å²) < 4.78 is 18.3. The van der Waals surface area contributed by atoms with Crippen molar-refractivity contribution in [2.24, 2.45) is 5.92 Å². The lowest BCUT2D eigenvalue weighted by Crippen LogP contribution is -2.58. The molecule has 38 heavy (non-hydrogen) atoms. The lowest BCUT2D eigenvalue weighted by atomic mass is 9.87. The van der Waals surface area contributed by atoms with Crippen LogP contribution in [0.15, 0.2) is 48.5 Å². The van der Waals surface area contributed by atoms with Gasteiger partial charge in [0.25, 0.3) is 5.91 Å². The molecule has 4 rings (SSSR count). The molecule has 0 aliphatic carbocycles. The molecule has 2 aliphatic rings. The lowest BCUT2D eigenvalue weighted by molar-refractivity contribution is -0.188. The topological polar surface area (TPSA) is 129 Å². The van der Waals surface area contributed by atoms with Gasteiger partial charge in [0.05, 0.1) is 19.3 Å². The number of Topliss-reactive ketones (excluding diaryl/α,β-unsaturated/α-hetero) is 1. The van der Waals surface area contributed by atoms with Crippen molar-refractivity contribution in [2.75, 3.05) is 33.3 Å². The number of carbonyl (C=O) groups is 2. The third-order valence-electron chi connectivity index (χ3n) is 6.80. The molecular weight excluding hydrogens is 499 g/mol. The molecule has 2 aromatic rings. The predicted octanol–water partition coefficient (Wildman–Crippen LogP) is 2.89. The van der Waals surface area contributed by atoms with Crippen molar-refractivity contribution in [1.29, 1.82) is 0 Å². The van der Waals surface area contributed by atoms with E-state index in [-0.39, 0.29) is 29.5 Å². The van der Waals surface area contributed by atoms with E-state index in [0.717, 1.165) is 0 Å². The molecule has 3 N–H and O–H groups in total. The van der Waals surface area contributed by atoms with E-state index < -0.39 is 6.10 Å². The van der Waals surface area contributed by atoms with Crippen molar-refractivity contribution in [3.8, 4) is 18.0 Å². The van der Waals surface area contributed by atoms with Gasteiger partial charge < -0.3 is 14.7 Å². The molecule has 0 aromatic heterocycles. The maximum atomic E-state index is 13.1. The van der Waals surface area contributed by atoms with Crippen LogP contribution in [0.25, 0.3) is 0 Å². The van der Waals surface area contributed by atoms with Gasteiger partial charge in [0, 0.05) is 30.1 Å². The number of carbonyl (C=O) groups excluding carboxylic acids is 2. The molecule has 11 heteroatoms. The molecule has 1 amide bonds. The molecule has 2 fully saturated rings. The minimum absolute atomic E-state index is 0.0464. The third kappa shape index (κ3) is 7.66. The molecule has 0 bridgehead atoms. The van der Waals surface area contributed by atoms with Crippen LogP contribution in [0.2, 0.25) is 0 Å². The fraction of sp³-hybridized carbons (Fsp3) is 0.407. The molecule has 2 aliphatic heterocycles. The Morgan fingerprint density at radius 3 is 2.03 bits per heavy atom. The number of nitrogens with zero attached hydrogens (tertiary/aromatic N) is 2. The molecule has 10 nitrogen and oxygen atoms in total. The van der Waals surface area contributed by atoms with Crippen LogP contribution in [0.4, 0.5) is 4.39 Å². The van der Waals surface area contributed by atoms with Gasteiger partial charge in [-0.25, -0.2) is 4.39 Å². The molecule has 2 atom stereocenters. The van der Waals surface area contributed by atoms with E-state index in [9.17, 15) is 19.1 Å². The predicted molar refractivity (Wildman–Crippen MR) is 134 cm³/mol. The molecule has 2 unspecified atom stereocenters. The zero-order chi connectivity index (χ0) is 27.5. The number of ketones is 1. The van der Waals surface area contributed by atoms with Gasteiger partial charge in [-0.2, -0.15) is 10.5 Å². The smallest absolute Gasteiger partial charge is 0.253 e. The highest BCUT2D eigenvalue weighted by Gasteiger charge is 2.37. The minimum atomic E-state index is -0.501. The van der Waals surface area contributed by atoms with E-state index in [2.05, 4.69) is 14.7 Å². The summed E-state index contributed by atoms with van der Waals surface area (Å²) in [6.45, 7) is 2.35. The average molecular weight is 531 g/mol. The van der Waals surface area contributed by atoms with Gasteiger partial charge in [-0.3, -0.25) is 24.3 Å². The lowest BCUT2D eigenvalue weighted by Gasteiger charge is -2.44. The van der Waals surface area contributed by atoms with Crippen LogP contribution in [0, 0.1) is 23.9 Å². The number of piperidine rings is 2. The van der Waals surface area contributed by atoms with Gasteiger partial charge in [-0.1, -0.05) is 0 Å². The van der Waals surface area contributed by atoms with E-state index >= 15 is 0 Å². The second-order valence-corrected chi connectivity index (χ2v) is 8.97. The maximum Gasteiger partial charge on any atom is 0.253 e. The third-order valence-corrected chi connectivity index (χ3v) is 6.80. The number of ether oxygens (including phenoxy) is 1. The van der Waals surface area contributed by atoms with Crippen molar-refractivity contribution in [1.82, 2.24) is 9.80 Å². The van der Waals surface area contributed by atoms with Crippen LogP contribution >= 0.6 is 0 Å². The molecular formula is C27H31FN2O8. The largest absolute Gasteiger partial charge is 0.497 e. The first-order valence-electron chi connectivity index (χ1n) is 12.1. The zero-order valence-electron chi connectivity index (χ0n) is 21.0. The maximum absolute atomic E-state index is 13.1. The number of hydrogen-bond donors (Lipinski definition) is 3. The van der Waals surface area contributed by atoms with Gasteiger partial charge in [-0.15, -0.1) is 0 Å². The number of likely N-dealkylation sites (tertiary alicyclic amines) is 2. The molecule has 204 valence electrons. The number of benzene rings is 2. The normalized spacial score (nSPS) is 19.8. The quantitative estimate of drug-likeness (QED) is 0.231. The molecule has 0 radical (unpaired) electrons. The van der Waals surface area contributed by atoms with Crippen LogP contribution in [-0.2, 0) is 9.78 Å². The Hall–Kier alpha value is -3.69. The van der Waals surface area contributed by atoms with E-state index in [0.29, 0.717) is 62.3 Å². The Balaban J connectivity index is 0.000000599. The van der Waals surface area contributed by atoms with Crippen molar-refractivity contribution in [2.45, 2.75) is 31.4 Å². The standard InChI is InChI=1S/C25H29FN2O4.C2H2O4/c1-32-21-8-4-19(5-9-21)25(31)28-15-12-23(29)22(16-28)27-13-10-18(11-14-27)24(30)17-2-6-20(26)7-3-17;3-5-1-2-6-4/h2-9,18,22-23,29H,10-16H2,1H3;3-4H. The Morgan fingerprint density at radius 2 is 1.47 bits per heavy atom. The summed E-state index contributed by atoms with van der Waals surface area (Å²) in [6, 6.07) is 12.6. The summed E-state index contributed by atoms with van der Waals surface area (Å²) in [7, 11) is 1.59. The molecule has 2 aromatic carbocycles. The number of rotatable bonds is 5. The molecule has 0 saturated carbocycles. The molecule has 2 heterocycles. The number of hydrogen-bond acceptors (Lipinski definition) is 9. The van der Waals surface area contributed by atoms with Gasteiger partial charge in [-0.05, 0) is 80.9 Å². The number of aliphatic hydroxyl groups excluding tert-OH is 1. The fourth-order valence-corrected chi connectivity index (χ4v) is 4.76. The minimum Gasteiger partial charge on any atom is -0.497 e. The molecule has 0 spiro atoms. The Kier molecular flexibility index (Phi) is 10.9. The summed E-state index contributed by atoms with van der Waals surface area (Å²) in [5, 5.41) is 25.3. The highest BCUT2D eigenvalue weighted by molar-refractivity contribution is 5.98. The van der Waals surface area contributed by atoms with Crippen molar-refractivity contribution in [3.05, 3.63) is 65.5 Å². The highest BCUT2D eigenvalue weighted by atomic mass is 19.1. The second-order valence-electron chi connectivity index (χ2n) is 8.97. The van der Waals surface area contributed by atoms with Crippen molar-refractivity contribution < 1.29 is 44.1 Å². The van der Waals surface area contributed by atoms with Crippen LogP contribution in [0.1, 0.15) is 40.0 Å². The van der Waals surface area contributed by atoms with Crippen LogP contribution < -0.4 is 4.74 Å². The van der Waals surface area contributed by atoms with E-state index in [1.54, 1.807) is 36.3 Å². The van der Waals surface area contributed by atoms with Crippen molar-refractivity contribution >= 4 is 11.7 Å². The average Bonchev–Trinajstić information content (AvgIpc) is 2.96. The van der Waals surface area contributed by atoms with E-state index in [1.807, 2.05) is 0 Å². The summed E-state index contributed by atoms with van der Waals surface area (Å²) in [4.78, 5) is 36.0. The van der Waals surface area contributed by atoms with E-state index in [4.69, 9.17) is 15.3 Å². The highest BCUT2D eigenvalue weighted by Crippen LogP contribution is 2.27. The van der Waals surface area contributed by atoms with Crippen LogP contribution in [0.3, 0.4) is 0 Å². The Bertz CT molecular complexity index is 1100. The number of amides is 1. The number of halogens is 1. The summed E-state index contributed by atoms with van der Waals surface area (Å²) in [5.41, 5.74) is 1.14. The summed E-state index contributed by atoms with van der Waals surface area (Å²) in [5.74, 6) is 0.244. The second kappa shape index (κ2) is 14.3. The fourth-order valence-electron chi connectivity index (χ4n) is 4.76. The van der Waals surface area contributed by atoms with Gasteiger partial charge in [0.1, 0.15) is 11.6 Å². The summed E-state index contributed by atoms with van der Waals surface area (Å²) in [6.07, 6.45) is 4.46. The molecule has 2 saturated heterocycles. The first-order chi connectivity index (χ1) is 18.4. The monoisotopic (exact) mass is 530 g/mol. The van der Waals surface area contributed by atoms with Crippen LogP contribution in [0.5, 0.6) is 5.75 Å². The van der Waals surface area contributed by atoms with Gasteiger partial charge >= 0.3 is 0 Å². The Morgan fingerprint density at radius 1 is 0.895 bits per heavy atom. The SMILES string of the molecule is COc1ccc(C(=O)N2CCC(O)C(N3CCC(C(=O)c4ccc(F)cc4)CC3)C2)cc1.OOC#COO. The van der Waals surface area contributed by atoms with Crippen LogP contribution in [-0.4, -0.2) is 82.5 Å². The van der Waals surface area contributed by atoms with Crippen molar-refractivity contribution in [3.63, 3.8) is 0 Å². The first-order valence-corrected chi connectivity index (χ1v) is 12.1.